The Balaban J connectivity index is 0.00000121. The molecule has 0 saturated heterocycles. The second kappa shape index (κ2) is 5.23. The molecule has 0 heterocycles. The summed E-state index contributed by atoms with van der Waals surface area (Å²) in [5.74, 6) is 0.710. The van der Waals surface area contributed by atoms with Crippen LogP contribution in [0.4, 0.5) is 0 Å². The normalized spacial score (nSPS) is 17.6. The molecule has 0 aromatic heterocycles. The average molecular weight is 286 g/mol. The number of hydrogen-bond acceptors (Lipinski definition) is 1. The highest BCUT2D eigenvalue weighted by atomic mass is 35.5. The fourth-order valence-electron chi connectivity index (χ4n) is 3.44. The maximum atomic E-state index is 6.40. The summed E-state index contributed by atoms with van der Waals surface area (Å²) in [6.07, 6.45) is 5.03. The molecule has 1 atom stereocenters. The van der Waals surface area contributed by atoms with Crippen LogP contribution in [0.25, 0.3) is 11.1 Å². The van der Waals surface area contributed by atoms with Gasteiger partial charge in [0, 0.05) is 6.04 Å². The van der Waals surface area contributed by atoms with E-state index in [9.17, 15) is 0 Å². The van der Waals surface area contributed by atoms with E-state index < -0.39 is 0 Å². The first kappa shape index (κ1) is 13.7. The highest BCUT2D eigenvalue weighted by Gasteiger charge is 2.26. The summed E-state index contributed by atoms with van der Waals surface area (Å²) >= 11 is 0. The molecule has 2 aliphatic carbocycles. The third-order valence-corrected chi connectivity index (χ3v) is 4.86. The van der Waals surface area contributed by atoms with Gasteiger partial charge in [-0.05, 0) is 53.0 Å². The van der Waals surface area contributed by atoms with Crippen LogP contribution in [0.15, 0.2) is 42.5 Å². The zero-order valence-electron chi connectivity index (χ0n) is 11.5. The molecular weight excluding hydrogens is 266 g/mol. The van der Waals surface area contributed by atoms with Crippen LogP contribution in [-0.2, 0) is 6.42 Å². The SMILES string of the molecule is Cl.N[C@@H](c1ccc2c(c1)Cc1ccccc1-2)C1CCC1. The van der Waals surface area contributed by atoms with E-state index in [1.165, 1.54) is 47.1 Å². The van der Waals surface area contributed by atoms with Crippen LogP contribution in [0, 0.1) is 5.92 Å². The summed E-state index contributed by atoms with van der Waals surface area (Å²) in [4.78, 5) is 0. The first-order valence-electron chi connectivity index (χ1n) is 7.29. The van der Waals surface area contributed by atoms with Gasteiger partial charge < -0.3 is 5.73 Å². The molecular formula is C18H20ClN. The van der Waals surface area contributed by atoms with Crippen LogP contribution in [0.3, 0.4) is 0 Å². The minimum atomic E-state index is 0. The van der Waals surface area contributed by atoms with Crippen LogP contribution < -0.4 is 5.73 Å². The molecule has 2 N–H and O–H groups in total. The Bertz CT molecular complexity index is 631. The number of benzene rings is 2. The van der Waals surface area contributed by atoms with Gasteiger partial charge in [0.25, 0.3) is 0 Å². The van der Waals surface area contributed by atoms with E-state index in [1.807, 2.05) is 0 Å². The third-order valence-electron chi connectivity index (χ3n) is 4.86. The maximum Gasteiger partial charge on any atom is 0.0323 e. The standard InChI is InChI=1S/C18H19N.ClH/c19-18(12-5-3-6-12)14-8-9-17-15(11-14)10-13-4-1-2-7-16(13)17;/h1-2,4,7-9,11-12,18H,3,5-6,10,19H2;1H/t18-;/m1./s1. The second-order valence-electron chi connectivity index (χ2n) is 5.97. The van der Waals surface area contributed by atoms with Gasteiger partial charge in [-0.15, -0.1) is 12.4 Å². The Kier molecular flexibility index (Phi) is 3.57. The molecule has 2 aliphatic rings. The minimum Gasteiger partial charge on any atom is -0.324 e. The Morgan fingerprint density at radius 1 is 0.950 bits per heavy atom. The molecule has 2 aromatic rings. The van der Waals surface area contributed by atoms with Crippen molar-refractivity contribution in [3.8, 4) is 11.1 Å². The summed E-state index contributed by atoms with van der Waals surface area (Å²) in [6.45, 7) is 0. The molecule has 0 amide bonds. The molecule has 0 radical (unpaired) electrons. The zero-order valence-corrected chi connectivity index (χ0v) is 12.3. The number of fused-ring (bicyclic) bond motifs is 3. The lowest BCUT2D eigenvalue weighted by molar-refractivity contribution is 0.264. The van der Waals surface area contributed by atoms with E-state index in [0.29, 0.717) is 5.92 Å². The molecule has 104 valence electrons. The molecule has 1 saturated carbocycles. The van der Waals surface area contributed by atoms with Crippen molar-refractivity contribution in [1.82, 2.24) is 0 Å². The lowest BCUT2D eigenvalue weighted by Crippen LogP contribution is -2.26. The topological polar surface area (TPSA) is 26.0 Å². The average Bonchev–Trinajstić information content (AvgIpc) is 2.74. The van der Waals surface area contributed by atoms with Crippen molar-refractivity contribution >= 4 is 12.4 Å². The van der Waals surface area contributed by atoms with Crippen LogP contribution >= 0.6 is 12.4 Å². The van der Waals surface area contributed by atoms with Crippen LogP contribution in [0.2, 0.25) is 0 Å². The smallest absolute Gasteiger partial charge is 0.0323 e. The maximum absolute atomic E-state index is 6.40. The highest BCUT2D eigenvalue weighted by Crippen LogP contribution is 2.40. The third kappa shape index (κ3) is 2.06. The first-order chi connectivity index (χ1) is 9.33. The lowest BCUT2D eigenvalue weighted by atomic mass is 9.77. The van der Waals surface area contributed by atoms with Crippen LogP contribution in [0.5, 0.6) is 0 Å². The molecule has 4 rings (SSSR count). The van der Waals surface area contributed by atoms with E-state index in [4.69, 9.17) is 5.73 Å². The molecule has 0 bridgehead atoms. The second-order valence-corrected chi connectivity index (χ2v) is 5.97. The van der Waals surface area contributed by atoms with Gasteiger partial charge in [0.2, 0.25) is 0 Å². The molecule has 1 fully saturated rings. The van der Waals surface area contributed by atoms with Gasteiger partial charge in [0.05, 0.1) is 0 Å². The zero-order chi connectivity index (χ0) is 12.8. The van der Waals surface area contributed by atoms with Gasteiger partial charge >= 0.3 is 0 Å². The highest BCUT2D eigenvalue weighted by molar-refractivity contribution is 5.85. The van der Waals surface area contributed by atoms with Crippen molar-refractivity contribution in [2.75, 3.05) is 0 Å². The predicted molar refractivity (Wildman–Crippen MR) is 86.2 cm³/mol. The van der Waals surface area contributed by atoms with Crippen LogP contribution in [-0.4, -0.2) is 0 Å². The van der Waals surface area contributed by atoms with Crippen molar-refractivity contribution < 1.29 is 0 Å². The number of halogens is 1. The van der Waals surface area contributed by atoms with Crippen LogP contribution in [0.1, 0.15) is 42.0 Å². The van der Waals surface area contributed by atoms with Gasteiger partial charge in [-0.2, -0.15) is 0 Å². The van der Waals surface area contributed by atoms with Crippen molar-refractivity contribution in [1.29, 1.82) is 0 Å². The predicted octanol–water partition coefficient (Wildman–Crippen LogP) is 4.48. The number of rotatable bonds is 2. The van der Waals surface area contributed by atoms with Crippen molar-refractivity contribution in [2.24, 2.45) is 11.7 Å². The van der Waals surface area contributed by atoms with E-state index in [1.54, 1.807) is 0 Å². The monoisotopic (exact) mass is 285 g/mol. The summed E-state index contributed by atoms with van der Waals surface area (Å²) in [6, 6.07) is 15.8. The van der Waals surface area contributed by atoms with Crippen molar-refractivity contribution in [3.05, 3.63) is 59.2 Å². The summed E-state index contributed by atoms with van der Waals surface area (Å²) in [5.41, 5.74) is 13.4. The Morgan fingerprint density at radius 3 is 2.45 bits per heavy atom. The fourth-order valence-corrected chi connectivity index (χ4v) is 3.44. The van der Waals surface area contributed by atoms with Crippen molar-refractivity contribution in [3.63, 3.8) is 0 Å². The largest absolute Gasteiger partial charge is 0.324 e. The van der Waals surface area contributed by atoms with E-state index in [-0.39, 0.29) is 18.4 Å². The van der Waals surface area contributed by atoms with Crippen molar-refractivity contribution in [2.45, 2.75) is 31.7 Å². The summed E-state index contributed by atoms with van der Waals surface area (Å²) < 4.78 is 0. The first-order valence-corrected chi connectivity index (χ1v) is 7.29. The number of hydrogen-bond donors (Lipinski definition) is 1. The summed E-state index contributed by atoms with van der Waals surface area (Å²) in [7, 11) is 0. The Labute approximate surface area is 126 Å². The molecule has 0 unspecified atom stereocenters. The molecule has 2 heteroatoms. The molecule has 0 spiro atoms. The van der Waals surface area contributed by atoms with E-state index >= 15 is 0 Å². The minimum absolute atomic E-state index is 0. The van der Waals surface area contributed by atoms with Gasteiger partial charge in [-0.1, -0.05) is 48.9 Å². The van der Waals surface area contributed by atoms with Gasteiger partial charge in [0.1, 0.15) is 0 Å². The molecule has 1 nitrogen and oxygen atoms in total. The van der Waals surface area contributed by atoms with E-state index in [0.717, 1.165) is 6.42 Å². The fraction of sp³-hybridized carbons (Fsp3) is 0.333. The number of nitrogens with two attached hydrogens (primary N) is 1. The Morgan fingerprint density at radius 2 is 1.70 bits per heavy atom. The molecule has 0 aliphatic heterocycles. The molecule has 20 heavy (non-hydrogen) atoms. The molecule has 2 aromatic carbocycles. The lowest BCUT2D eigenvalue weighted by Gasteiger charge is -2.31. The Hall–Kier alpha value is -1.31. The van der Waals surface area contributed by atoms with E-state index in [2.05, 4.69) is 42.5 Å². The van der Waals surface area contributed by atoms with Gasteiger partial charge in [0.15, 0.2) is 0 Å². The van der Waals surface area contributed by atoms with Gasteiger partial charge in [-0.25, -0.2) is 0 Å². The summed E-state index contributed by atoms with van der Waals surface area (Å²) in [5, 5.41) is 0. The van der Waals surface area contributed by atoms with Gasteiger partial charge in [-0.3, -0.25) is 0 Å². The quantitative estimate of drug-likeness (QED) is 0.738.